The van der Waals surface area contributed by atoms with Crippen LogP contribution in [0.15, 0.2) is 72.8 Å². The fraction of sp³-hybridized carbons (Fsp3) is 0.176. The monoisotopic (exact) mass is 252 g/mol. The van der Waals surface area contributed by atoms with E-state index in [4.69, 9.17) is 0 Å². The van der Waals surface area contributed by atoms with Gasteiger partial charge in [0.25, 0.3) is 0 Å². The predicted octanol–water partition coefficient (Wildman–Crippen LogP) is 3.46. The van der Waals surface area contributed by atoms with Crippen LogP contribution in [0, 0.1) is 0 Å². The van der Waals surface area contributed by atoms with Gasteiger partial charge in [0.15, 0.2) is 0 Å². The number of hydrogen-bond acceptors (Lipinski definition) is 0. The zero-order valence-electron chi connectivity index (χ0n) is 11.1. The highest BCUT2D eigenvalue weighted by Crippen LogP contribution is 2.12. The molecule has 0 saturated carbocycles. The van der Waals surface area contributed by atoms with Gasteiger partial charge in [-0.1, -0.05) is 89.7 Å². The molecule has 0 amide bonds. The van der Waals surface area contributed by atoms with Crippen molar-refractivity contribution in [3.8, 4) is 0 Å². The molecule has 0 bridgehead atoms. The lowest BCUT2D eigenvalue weighted by atomic mass is 10.4. The third-order valence-corrected chi connectivity index (χ3v) is 7.85. The second-order valence-electron chi connectivity index (χ2n) is 4.84. The summed E-state index contributed by atoms with van der Waals surface area (Å²) < 4.78 is 0. The van der Waals surface area contributed by atoms with Crippen LogP contribution in [-0.2, 0) is 0 Å². The van der Waals surface area contributed by atoms with E-state index in [1.54, 1.807) is 0 Å². The van der Waals surface area contributed by atoms with Crippen LogP contribution in [0.3, 0.4) is 0 Å². The van der Waals surface area contributed by atoms with Crippen molar-refractivity contribution in [1.82, 2.24) is 0 Å². The van der Waals surface area contributed by atoms with Crippen molar-refractivity contribution >= 4 is 18.4 Å². The Bertz CT molecular complexity index is 460. The molecule has 92 valence electrons. The second kappa shape index (κ2) is 5.83. The molecule has 18 heavy (non-hydrogen) atoms. The van der Waals surface area contributed by atoms with Gasteiger partial charge in [-0.2, -0.15) is 0 Å². The summed E-state index contributed by atoms with van der Waals surface area (Å²) in [4.78, 5) is 0. The molecule has 0 fully saturated rings. The number of allylic oxidation sites excluding steroid dienone is 2. The lowest BCUT2D eigenvalue weighted by Gasteiger charge is -2.27. The fourth-order valence-electron chi connectivity index (χ4n) is 2.37. The Kier molecular flexibility index (Phi) is 4.16. The molecule has 0 aliphatic carbocycles. The lowest BCUT2D eigenvalue weighted by Crippen LogP contribution is -2.55. The van der Waals surface area contributed by atoms with E-state index in [0.717, 1.165) is 6.04 Å². The lowest BCUT2D eigenvalue weighted by molar-refractivity contribution is 1.52. The molecule has 2 rings (SSSR count). The van der Waals surface area contributed by atoms with Crippen LogP contribution in [0.4, 0.5) is 0 Å². The normalized spacial score (nSPS) is 11.9. The molecule has 2 aromatic carbocycles. The summed E-state index contributed by atoms with van der Waals surface area (Å²) >= 11 is 0. The molecule has 0 saturated heterocycles. The zero-order valence-corrected chi connectivity index (χ0v) is 12.1. The maximum Gasteiger partial charge on any atom is 0.118 e. The van der Waals surface area contributed by atoms with E-state index in [0.29, 0.717) is 0 Å². The Morgan fingerprint density at radius 1 is 0.833 bits per heavy atom. The Morgan fingerprint density at radius 2 is 1.28 bits per heavy atom. The van der Waals surface area contributed by atoms with E-state index < -0.39 is 8.07 Å². The Hall–Kier alpha value is -1.60. The first-order chi connectivity index (χ1) is 8.77. The van der Waals surface area contributed by atoms with Gasteiger partial charge in [0.1, 0.15) is 8.07 Å². The van der Waals surface area contributed by atoms with E-state index >= 15 is 0 Å². The van der Waals surface area contributed by atoms with Crippen molar-refractivity contribution in [2.24, 2.45) is 0 Å². The van der Waals surface area contributed by atoms with Gasteiger partial charge in [-0.05, 0) is 13.0 Å². The first-order valence-electron chi connectivity index (χ1n) is 6.49. The predicted molar refractivity (Wildman–Crippen MR) is 83.4 cm³/mol. The molecule has 0 atom stereocenters. The first-order valence-corrected chi connectivity index (χ1v) is 9.20. The quantitative estimate of drug-likeness (QED) is 0.577. The highest BCUT2D eigenvalue weighted by molar-refractivity contribution is 7.01. The Balaban J connectivity index is 2.47. The van der Waals surface area contributed by atoms with E-state index in [2.05, 4.69) is 86.3 Å². The molecular formula is C17H20Si. The maximum absolute atomic E-state index is 2.46. The van der Waals surface area contributed by atoms with Crippen LogP contribution in [-0.4, -0.2) is 8.07 Å². The molecule has 0 N–H and O–H groups in total. The van der Waals surface area contributed by atoms with Gasteiger partial charge in [-0.25, -0.2) is 0 Å². The molecule has 0 nitrogen and oxygen atoms in total. The Labute approximate surface area is 111 Å². The molecule has 0 aromatic heterocycles. The summed E-state index contributed by atoms with van der Waals surface area (Å²) in [6.45, 7) is 4.56. The molecule has 0 unspecified atom stereocenters. The summed E-state index contributed by atoms with van der Waals surface area (Å²) in [6.07, 6.45) is 4.48. The summed E-state index contributed by atoms with van der Waals surface area (Å²) in [7, 11) is -1.61. The van der Waals surface area contributed by atoms with Gasteiger partial charge in [-0.15, -0.1) is 0 Å². The number of rotatable bonds is 4. The van der Waals surface area contributed by atoms with Gasteiger partial charge in [0.05, 0.1) is 0 Å². The van der Waals surface area contributed by atoms with Crippen molar-refractivity contribution < 1.29 is 0 Å². The standard InChI is InChI=1S/C17H20Si/c1-3-4-15-18(2,16-11-7-5-8-12-16)17-13-9-6-10-14-17/h3-14H,15H2,1-2H3/b4-3+. The maximum atomic E-state index is 2.46. The average Bonchev–Trinajstić information content (AvgIpc) is 2.46. The SMILES string of the molecule is C/C=C/C[Si](C)(c1ccccc1)c1ccccc1. The van der Waals surface area contributed by atoms with Crippen molar-refractivity contribution in [2.45, 2.75) is 19.5 Å². The first kappa shape index (κ1) is 12.8. The molecule has 2 aromatic rings. The minimum Gasteiger partial charge on any atom is -0.0919 e. The van der Waals surface area contributed by atoms with Crippen molar-refractivity contribution in [1.29, 1.82) is 0 Å². The van der Waals surface area contributed by atoms with Gasteiger partial charge >= 0.3 is 0 Å². The smallest absolute Gasteiger partial charge is 0.0919 e. The van der Waals surface area contributed by atoms with E-state index in [1.165, 1.54) is 10.4 Å². The van der Waals surface area contributed by atoms with Gasteiger partial charge in [-0.3, -0.25) is 0 Å². The summed E-state index contributed by atoms with van der Waals surface area (Å²) in [6, 6.07) is 23.1. The highest BCUT2D eigenvalue weighted by atomic mass is 28.3. The summed E-state index contributed by atoms with van der Waals surface area (Å²) in [5, 5.41) is 3.02. The van der Waals surface area contributed by atoms with Crippen molar-refractivity contribution in [3.05, 3.63) is 72.8 Å². The second-order valence-corrected chi connectivity index (χ2v) is 9.06. The largest absolute Gasteiger partial charge is 0.118 e. The van der Waals surface area contributed by atoms with E-state index in [9.17, 15) is 0 Å². The molecule has 1 heteroatoms. The van der Waals surface area contributed by atoms with Crippen LogP contribution >= 0.6 is 0 Å². The minimum atomic E-state index is -1.61. The molecule has 0 spiro atoms. The van der Waals surface area contributed by atoms with Crippen molar-refractivity contribution in [2.75, 3.05) is 0 Å². The average molecular weight is 252 g/mol. The number of benzene rings is 2. The number of hydrogen-bond donors (Lipinski definition) is 0. The van der Waals surface area contributed by atoms with Crippen LogP contribution < -0.4 is 10.4 Å². The molecule has 0 heterocycles. The van der Waals surface area contributed by atoms with Gasteiger partial charge in [0.2, 0.25) is 0 Å². The Morgan fingerprint density at radius 3 is 1.67 bits per heavy atom. The van der Waals surface area contributed by atoms with Crippen LogP contribution in [0.5, 0.6) is 0 Å². The van der Waals surface area contributed by atoms with Crippen LogP contribution in [0.25, 0.3) is 0 Å². The topological polar surface area (TPSA) is 0 Å². The molecule has 0 radical (unpaired) electrons. The third-order valence-electron chi connectivity index (χ3n) is 3.58. The van der Waals surface area contributed by atoms with Gasteiger partial charge in [0, 0.05) is 0 Å². The minimum absolute atomic E-state index is 1.16. The van der Waals surface area contributed by atoms with E-state index in [1.807, 2.05) is 0 Å². The van der Waals surface area contributed by atoms with Gasteiger partial charge < -0.3 is 0 Å². The zero-order chi connectivity index (χ0) is 12.8. The van der Waals surface area contributed by atoms with E-state index in [-0.39, 0.29) is 0 Å². The summed E-state index contributed by atoms with van der Waals surface area (Å²) in [5.74, 6) is 0. The van der Waals surface area contributed by atoms with Crippen LogP contribution in [0.1, 0.15) is 6.92 Å². The molecular weight excluding hydrogens is 232 g/mol. The molecule has 0 aliphatic rings. The highest BCUT2D eigenvalue weighted by Gasteiger charge is 2.29. The van der Waals surface area contributed by atoms with Crippen LogP contribution in [0.2, 0.25) is 12.6 Å². The fourth-order valence-corrected chi connectivity index (χ4v) is 5.74. The van der Waals surface area contributed by atoms with Crippen molar-refractivity contribution in [3.63, 3.8) is 0 Å². The third kappa shape index (κ3) is 2.62. The summed E-state index contributed by atoms with van der Waals surface area (Å²) in [5.41, 5.74) is 0. The molecule has 0 aliphatic heterocycles.